The molecule has 0 amide bonds. The third kappa shape index (κ3) is 3.75. The summed E-state index contributed by atoms with van der Waals surface area (Å²) < 4.78 is 6.53. The summed E-state index contributed by atoms with van der Waals surface area (Å²) in [6.45, 7) is 0. The van der Waals surface area contributed by atoms with Gasteiger partial charge in [0.05, 0.1) is 4.47 Å². The van der Waals surface area contributed by atoms with E-state index >= 15 is 0 Å². The van der Waals surface area contributed by atoms with Gasteiger partial charge in [-0.05, 0) is 51.8 Å². The zero-order valence-electron chi connectivity index (χ0n) is 11.3. The molecule has 0 aliphatic heterocycles. The number of hydrogen-bond donors (Lipinski definition) is 1. The van der Waals surface area contributed by atoms with Gasteiger partial charge in [-0.3, -0.25) is 0 Å². The molecule has 0 aliphatic rings. The quantitative estimate of drug-likeness (QED) is 0.617. The molecular formula is C16H11BrClN3O. The Bertz CT molecular complexity index is 783. The van der Waals surface area contributed by atoms with Crippen molar-refractivity contribution in [3.8, 4) is 11.5 Å². The highest BCUT2D eigenvalue weighted by molar-refractivity contribution is 9.10. The highest BCUT2D eigenvalue weighted by Gasteiger charge is 2.05. The maximum absolute atomic E-state index is 5.81. The van der Waals surface area contributed by atoms with Crippen LogP contribution in [0.2, 0.25) is 5.28 Å². The maximum atomic E-state index is 5.81. The molecule has 0 fully saturated rings. The van der Waals surface area contributed by atoms with Crippen LogP contribution in [0.15, 0.2) is 65.3 Å². The molecule has 110 valence electrons. The zero-order valence-corrected chi connectivity index (χ0v) is 13.7. The second kappa shape index (κ2) is 6.77. The van der Waals surface area contributed by atoms with E-state index in [9.17, 15) is 0 Å². The van der Waals surface area contributed by atoms with E-state index < -0.39 is 0 Å². The predicted molar refractivity (Wildman–Crippen MR) is 91.0 cm³/mol. The predicted octanol–water partition coefficient (Wildman–Crippen LogP) is 5.43. The first kappa shape index (κ1) is 14.8. The summed E-state index contributed by atoms with van der Waals surface area (Å²) in [5.41, 5.74) is 0.837. The van der Waals surface area contributed by atoms with E-state index in [1.54, 1.807) is 6.20 Å². The summed E-state index contributed by atoms with van der Waals surface area (Å²) >= 11 is 9.20. The first-order chi connectivity index (χ1) is 10.7. The molecule has 1 N–H and O–H groups in total. The van der Waals surface area contributed by atoms with E-state index in [4.69, 9.17) is 16.3 Å². The Hall–Kier alpha value is -2.11. The lowest BCUT2D eigenvalue weighted by Crippen LogP contribution is -1.96. The number of nitrogens with zero attached hydrogens (tertiary/aromatic N) is 2. The standard InChI is InChI=1S/C16H11BrClN3O/c17-14-10-19-16(18)21-15(14)20-11-5-4-8-13(9-11)22-12-6-2-1-3-7-12/h1-10H,(H,19,20,21). The van der Waals surface area contributed by atoms with Gasteiger partial charge in [0.2, 0.25) is 5.28 Å². The number of rotatable bonds is 4. The fourth-order valence-electron chi connectivity index (χ4n) is 1.83. The van der Waals surface area contributed by atoms with E-state index in [2.05, 4.69) is 31.2 Å². The van der Waals surface area contributed by atoms with Crippen LogP contribution >= 0.6 is 27.5 Å². The minimum atomic E-state index is 0.183. The molecule has 0 spiro atoms. The van der Waals surface area contributed by atoms with Gasteiger partial charge in [0.15, 0.2) is 0 Å². The fourth-order valence-corrected chi connectivity index (χ4v) is 2.26. The van der Waals surface area contributed by atoms with Gasteiger partial charge in [-0.15, -0.1) is 0 Å². The molecule has 0 bridgehead atoms. The third-order valence-electron chi connectivity index (χ3n) is 2.79. The van der Waals surface area contributed by atoms with Crippen LogP contribution in [0.3, 0.4) is 0 Å². The largest absolute Gasteiger partial charge is 0.457 e. The minimum Gasteiger partial charge on any atom is -0.457 e. The molecule has 3 aromatic rings. The Morgan fingerprint density at radius 1 is 1.00 bits per heavy atom. The average Bonchev–Trinajstić information content (AvgIpc) is 2.52. The summed E-state index contributed by atoms with van der Waals surface area (Å²) in [4.78, 5) is 8.03. The van der Waals surface area contributed by atoms with Crippen molar-refractivity contribution in [2.45, 2.75) is 0 Å². The van der Waals surface area contributed by atoms with Gasteiger partial charge in [0.1, 0.15) is 17.3 Å². The number of para-hydroxylation sites is 1. The number of ether oxygens (including phenoxy) is 1. The molecule has 6 heteroatoms. The Kier molecular flexibility index (Phi) is 4.56. The molecule has 0 unspecified atom stereocenters. The number of benzene rings is 2. The lowest BCUT2D eigenvalue weighted by Gasteiger charge is -2.10. The van der Waals surface area contributed by atoms with Gasteiger partial charge >= 0.3 is 0 Å². The summed E-state index contributed by atoms with van der Waals surface area (Å²) in [5.74, 6) is 2.11. The van der Waals surface area contributed by atoms with Crippen LogP contribution in [-0.4, -0.2) is 9.97 Å². The smallest absolute Gasteiger partial charge is 0.224 e. The molecule has 1 heterocycles. The van der Waals surface area contributed by atoms with Crippen molar-refractivity contribution in [3.63, 3.8) is 0 Å². The minimum absolute atomic E-state index is 0.183. The van der Waals surface area contributed by atoms with Crippen molar-refractivity contribution < 1.29 is 4.74 Å². The van der Waals surface area contributed by atoms with Crippen molar-refractivity contribution in [1.29, 1.82) is 0 Å². The summed E-state index contributed by atoms with van der Waals surface area (Å²) in [7, 11) is 0. The van der Waals surface area contributed by atoms with Gasteiger partial charge in [-0.1, -0.05) is 24.3 Å². The van der Waals surface area contributed by atoms with Gasteiger partial charge < -0.3 is 10.1 Å². The topological polar surface area (TPSA) is 47.0 Å². The second-order valence-corrected chi connectivity index (χ2v) is 5.60. The Balaban J connectivity index is 1.81. The highest BCUT2D eigenvalue weighted by atomic mass is 79.9. The molecule has 1 aromatic heterocycles. The van der Waals surface area contributed by atoms with Gasteiger partial charge in [0, 0.05) is 18.0 Å². The van der Waals surface area contributed by atoms with Gasteiger partial charge in [-0.25, -0.2) is 4.98 Å². The Labute approximate surface area is 141 Å². The monoisotopic (exact) mass is 375 g/mol. The SMILES string of the molecule is Clc1ncc(Br)c(Nc2cccc(Oc3ccccc3)c2)n1. The van der Waals surface area contributed by atoms with Crippen molar-refractivity contribution in [3.05, 3.63) is 70.6 Å². The molecule has 22 heavy (non-hydrogen) atoms. The molecule has 0 atom stereocenters. The van der Waals surface area contributed by atoms with Crippen LogP contribution < -0.4 is 10.1 Å². The number of halogens is 2. The molecule has 4 nitrogen and oxygen atoms in total. The van der Waals surface area contributed by atoms with Gasteiger partial charge in [-0.2, -0.15) is 4.98 Å². The number of anilines is 2. The number of hydrogen-bond acceptors (Lipinski definition) is 4. The molecule has 0 saturated carbocycles. The molecule has 0 radical (unpaired) electrons. The first-order valence-corrected chi connectivity index (χ1v) is 7.66. The molecule has 0 saturated heterocycles. The van der Waals surface area contributed by atoms with Crippen LogP contribution in [0.1, 0.15) is 0 Å². The van der Waals surface area contributed by atoms with Crippen molar-refractivity contribution >= 4 is 39.0 Å². The van der Waals surface area contributed by atoms with E-state index in [1.807, 2.05) is 54.6 Å². The summed E-state index contributed by atoms with van der Waals surface area (Å²) in [6, 6.07) is 17.2. The van der Waals surface area contributed by atoms with Crippen LogP contribution in [-0.2, 0) is 0 Å². The zero-order chi connectivity index (χ0) is 15.4. The lowest BCUT2D eigenvalue weighted by molar-refractivity contribution is 0.483. The van der Waals surface area contributed by atoms with Crippen LogP contribution in [0.4, 0.5) is 11.5 Å². The van der Waals surface area contributed by atoms with E-state index in [1.165, 1.54) is 0 Å². The molecular weight excluding hydrogens is 366 g/mol. The highest BCUT2D eigenvalue weighted by Crippen LogP contribution is 2.28. The third-order valence-corrected chi connectivity index (χ3v) is 3.55. The summed E-state index contributed by atoms with van der Waals surface area (Å²) in [6.07, 6.45) is 1.60. The van der Waals surface area contributed by atoms with Crippen LogP contribution in [0.5, 0.6) is 11.5 Å². The summed E-state index contributed by atoms with van der Waals surface area (Å²) in [5, 5.41) is 3.36. The molecule has 2 aromatic carbocycles. The Morgan fingerprint density at radius 2 is 1.77 bits per heavy atom. The van der Waals surface area contributed by atoms with Crippen molar-refractivity contribution in [1.82, 2.24) is 9.97 Å². The number of nitrogens with one attached hydrogen (secondary N) is 1. The molecule has 0 aliphatic carbocycles. The normalized spacial score (nSPS) is 10.3. The van der Waals surface area contributed by atoms with Crippen molar-refractivity contribution in [2.24, 2.45) is 0 Å². The van der Waals surface area contributed by atoms with Crippen molar-refractivity contribution in [2.75, 3.05) is 5.32 Å². The van der Waals surface area contributed by atoms with Crippen LogP contribution in [0, 0.1) is 0 Å². The van der Waals surface area contributed by atoms with E-state index in [0.717, 1.165) is 21.7 Å². The lowest BCUT2D eigenvalue weighted by atomic mass is 10.3. The molecule has 3 rings (SSSR count). The maximum Gasteiger partial charge on any atom is 0.224 e. The first-order valence-electron chi connectivity index (χ1n) is 6.49. The second-order valence-electron chi connectivity index (χ2n) is 4.40. The average molecular weight is 377 g/mol. The fraction of sp³-hybridized carbons (Fsp3) is 0. The van der Waals surface area contributed by atoms with E-state index in [0.29, 0.717) is 5.82 Å². The van der Waals surface area contributed by atoms with Crippen LogP contribution in [0.25, 0.3) is 0 Å². The van der Waals surface area contributed by atoms with Gasteiger partial charge in [0.25, 0.3) is 0 Å². The number of aromatic nitrogens is 2. The Morgan fingerprint density at radius 3 is 2.59 bits per heavy atom. The van der Waals surface area contributed by atoms with E-state index in [-0.39, 0.29) is 5.28 Å².